The fourth-order valence-corrected chi connectivity index (χ4v) is 4.23. The molecule has 1 amide bonds. The van der Waals surface area contributed by atoms with Crippen LogP contribution in [0.4, 0.5) is 11.4 Å². The Morgan fingerprint density at radius 2 is 1.76 bits per heavy atom. The number of furan rings is 1. The molecule has 5 heteroatoms. The van der Waals surface area contributed by atoms with Crippen molar-refractivity contribution in [1.82, 2.24) is 0 Å². The van der Waals surface area contributed by atoms with Crippen LogP contribution < -0.4 is 10.2 Å². The van der Waals surface area contributed by atoms with Crippen LogP contribution in [0.1, 0.15) is 41.4 Å². The molecule has 29 heavy (non-hydrogen) atoms. The minimum Gasteiger partial charge on any atom is -0.459 e. The number of para-hydroxylation sites is 2. The van der Waals surface area contributed by atoms with Crippen molar-refractivity contribution in [3.05, 3.63) is 95.6 Å². The molecule has 1 aliphatic heterocycles. The smallest absolute Gasteiger partial charge is 0.294 e. The summed E-state index contributed by atoms with van der Waals surface area (Å²) in [5.74, 6) is 0.0518. The number of nitrogens with zero attached hydrogens (tertiary/aromatic N) is 1. The van der Waals surface area contributed by atoms with Gasteiger partial charge in [0.15, 0.2) is 11.5 Å². The number of carbonyl (C=O) groups is 2. The molecule has 0 unspecified atom stereocenters. The van der Waals surface area contributed by atoms with Crippen LogP contribution in [-0.2, 0) is 4.79 Å². The van der Waals surface area contributed by atoms with Gasteiger partial charge in [-0.1, -0.05) is 42.5 Å². The van der Waals surface area contributed by atoms with E-state index in [0.29, 0.717) is 12.0 Å². The SMILES string of the molecule is O=C1CCCC2=C1[C@@H](c1ccccc1)N(C(=O)c1ccco1)c1ccccc1N2. The first-order chi connectivity index (χ1) is 14.2. The van der Waals surface area contributed by atoms with Crippen molar-refractivity contribution in [2.75, 3.05) is 10.2 Å². The number of rotatable bonds is 2. The molecular formula is C24H20N2O3. The van der Waals surface area contributed by atoms with Gasteiger partial charge in [0.05, 0.1) is 23.7 Å². The monoisotopic (exact) mass is 384 g/mol. The van der Waals surface area contributed by atoms with Crippen molar-refractivity contribution < 1.29 is 14.0 Å². The second-order valence-corrected chi connectivity index (χ2v) is 7.28. The highest BCUT2D eigenvalue weighted by molar-refractivity contribution is 6.10. The van der Waals surface area contributed by atoms with Gasteiger partial charge in [-0.05, 0) is 42.7 Å². The zero-order valence-corrected chi connectivity index (χ0v) is 15.8. The van der Waals surface area contributed by atoms with Gasteiger partial charge in [0.25, 0.3) is 5.91 Å². The number of ketones is 1. The van der Waals surface area contributed by atoms with Crippen molar-refractivity contribution in [3.63, 3.8) is 0 Å². The predicted octanol–water partition coefficient (Wildman–Crippen LogP) is 5.10. The Bertz CT molecular complexity index is 1100. The van der Waals surface area contributed by atoms with Crippen LogP contribution in [0.5, 0.6) is 0 Å². The summed E-state index contributed by atoms with van der Waals surface area (Å²) in [5, 5.41) is 3.46. The largest absolute Gasteiger partial charge is 0.459 e. The number of anilines is 2. The van der Waals surface area contributed by atoms with Crippen molar-refractivity contribution in [1.29, 1.82) is 0 Å². The lowest BCUT2D eigenvalue weighted by Gasteiger charge is -2.33. The summed E-state index contributed by atoms with van der Waals surface area (Å²) in [6.07, 6.45) is 3.56. The van der Waals surface area contributed by atoms with Gasteiger partial charge in [0.2, 0.25) is 0 Å². The van der Waals surface area contributed by atoms with Gasteiger partial charge in [-0.2, -0.15) is 0 Å². The number of carbonyl (C=O) groups excluding carboxylic acids is 2. The molecule has 1 N–H and O–H groups in total. The number of amides is 1. The maximum atomic E-state index is 13.6. The van der Waals surface area contributed by atoms with Crippen molar-refractivity contribution >= 4 is 23.1 Å². The van der Waals surface area contributed by atoms with Gasteiger partial charge < -0.3 is 9.73 Å². The van der Waals surface area contributed by atoms with E-state index in [9.17, 15) is 9.59 Å². The van der Waals surface area contributed by atoms with E-state index in [1.165, 1.54) is 6.26 Å². The average Bonchev–Trinajstić information content (AvgIpc) is 3.24. The molecule has 0 bridgehead atoms. The number of allylic oxidation sites excluding steroid dienone is 1. The van der Waals surface area contributed by atoms with E-state index >= 15 is 0 Å². The molecule has 0 fully saturated rings. The van der Waals surface area contributed by atoms with Gasteiger partial charge in [-0.3, -0.25) is 14.5 Å². The number of benzene rings is 2. The van der Waals surface area contributed by atoms with E-state index in [1.807, 2.05) is 54.6 Å². The minimum absolute atomic E-state index is 0.0812. The van der Waals surface area contributed by atoms with Crippen molar-refractivity contribution in [2.45, 2.75) is 25.3 Å². The summed E-state index contributed by atoms with van der Waals surface area (Å²) in [6.45, 7) is 0. The van der Waals surface area contributed by atoms with Crippen LogP contribution >= 0.6 is 0 Å². The van der Waals surface area contributed by atoms with Gasteiger partial charge >= 0.3 is 0 Å². The molecule has 0 saturated heterocycles. The number of Topliss-reactive ketones (excluding diaryl/α,β-unsaturated/α-hetero) is 1. The second kappa shape index (κ2) is 7.09. The first kappa shape index (κ1) is 17.5. The Hall–Kier alpha value is -3.60. The zero-order valence-electron chi connectivity index (χ0n) is 15.8. The number of hydrogen-bond donors (Lipinski definition) is 1. The van der Waals surface area contributed by atoms with E-state index in [4.69, 9.17) is 4.42 Å². The molecule has 2 aliphatic rings. The summed E-state index contributed by atoms with van der Waals surface area (Å²) in [4.78, 5) is 28.4. The first-order valence-corrected chi connectivity index (χ1v) is 9.78. The normalized spacial score (nSPS) is 18.6. The van der Waals surface area contributed by atoms with E-state index in [0.717, 1.165) is 35.5 Å². The number of hydrogen-bond acceptors (Lipinski definition) is 4. The van der Waals surface area contributed by atoms with Crippen LogP contribution in [-0.4, -0.2) is 11.7 Å². The maximum absolute atomic E-state index is 13.6. The lowest BCUT2D eigenvalue weighted by atomic mass is 9.86. The standard InChI is InChI=1S/C24H20N2O3/c27-20-13-6-11-18-22(20)23(16-8-2-1-3-9-16)26(24(28)21-14-7-15-29-21)19-12-5-4-10-17(19)25-18/h1-5,7-10,12,14-15,23,25H,6,11,13H2/t23-/m1/s1. The van der Waals surface area contributed by atoms with Crippen LogP contribution in [0.25, 0.3) is 0 Å². The molecular weight excluding hydrogens is 364 g/mol. The maximum Gasteiger partial charge on any atom is 0.294 e. The van der Waals surface area contributed by atoms with Gasteiger partial charge in [0.1, 0.15) is 0 Å². The van der Waals surface area contributed by atoms with E-state index in [-0.39, 0.29) is 17.5 Å². The third-order valence-corrected chi connectivity index (χ3v) is 5.50. The summed E-state index contributed by atoms with van der Waals surface area (Å²) in [5.41, 5.74) is 4.00. The molecule has 144 valence electrons. The second-order valence-electron chi connectivity index (χ2n) is 7.28. The molecule has 2 heterocycles. The third kappa shape index (κ3) is 2.95. The van der Waals surface area contributed by atoms with Crippen LogP contribution in [0.15, 0.2) is 88.7 Å². The molecule has 2 aromatic carbocycles. The summed E-state index contributed by atoms with van der Waals surface area (Å²) < 4.78 is 5.44. The molecule has 0 radical (unpaired) electrons. The molecule has 1 aromatic heterocycles. The topological polar surface area (TPSA) is 62.6 Å². The highest BCUT2D eigenvalue weighted by Gasteiger charge is 2.40. The van der Waals surface area contributed by atoms with E-state index in [1.54, 1.807) is 17.0 Å². The molecule has 5 rings (SSSR count). The Balaban J connectivity index is 1.79. The summed E-state index contributed by atoms with van der Waals surface area (Å²) >= 11 is 0. The third-order valence-electron chi connectivity index (χ3n) is 5.50. The number of nitrogens with one attached hydrogen (secondary N) is 1. The molecule has 0 spiro atoms. The van der Waals surface area contributed by atoms with Crippen molar-refractivity contribution in [3.8, 4) is 0 Å². The molecule has 3 aromatic rings. The van der Waals surface area contributed by atoms with Crippen LogP contribution in [0.2, 0.25) is 0 Å². The Kier molecular flexibility index (Phi) is 4.28. The fourth-order valence-electron chi connectivity index (χ4n) is 4.23. The predicted molar refractivity (Wildman–Crippen MR) is 111 cm³/mol. The minimum atomic E-state index is -0.521. The Labute approximate surface area is 168 Å². The van der Waals surface area contributed by atoms with Gasteiger partial charge in [-0.15, -0.1) is 0 Å². The molecule has 1 atom stereocenters. The fraction of sp³-hybridized carbons (Fsp3) is 0.167. The molecule has 0 saturated carbocycles. The Morgan fingerprint density at radius 3 is 2.55 bits per heavy atom. The first-order valence-electron chi connectivity index (χ1n) is 9.78. The Morgan fingerprint density at radius 1 is 0.966 bits per heavy atom. The highest BCUT2D eigenvalue weighted by Crippen LogP contribution is 2.45. The zero-order chi connectivity index (χ0) is 19.8. The molecule has 5 nitrogen and oxygen atoms in total. The van der Waals surface area contributed by atoms with Crippen molar-refractivity contribution in [2.24, 2.45) is 0 Å². The lowest BCUT2D eigenvalue weighted by molar-refractivity contribution is -0.116. The molecule has 1 aliphatic carbocycles. The van der Waals surface area contributed by atoms with Crippen LogP contribution in [0, 0.1) is 0 Å². The summed E-state index contributed by atoms with van der Waals surface area (Å²) in [6, 6.07) is 20.2. The lowest BCUT2D eigenvalue weighted by Crippen LogP contribution is -2.37. The number of fused-ring (bicyclic) bond motifs is 1. The van der Waals surface area contributed by atoms with Crippen LogP contribution in [0.3, 0.4) is 0 Å². The van der Waals surface area contributed by atoms with E-state index in [2.05, 4.69) is 5.32 Å². The van der Waals surface area contributed by atoms with Gasteiger partial charge in [0, 0.05) is 17.7 Å². The highest BCUT2D eigenvalue weighted by atomic mass is 16.3. The van der Waals surface area contributed by atoms with Gasteiger partial charge in [-0.25, -0.2) is 0 Å². The average molecular weight is 384 g/mol. The summed E-state index contributed by atoms with van der Waals surface area (Å²) in [7, 11) is 0. The quantitative estimate of drug-likeness (QED) is 0.668. The van der Waals surface area contributed by atoms with E-state index < -0.39 is 6.04 Å².